The monoisotopic (exact) mass is 811 g/mol. The summed E-state index contributed by atoms with van der Waals surface area (Å²) in [4.78, 5) is 79.1. The quantitative estimate of drug-likeness (QED) is 0.0227. The minimum atomic E-state index is -0.958. The Hall–Kier alpha value is -6.91. The lowest BCUT2D eigenvalue weighted by Gasteiger charge is -2.23. The first-order chi connectivity index (χ1) is 28.5. The summed E-state index contributed by atoms with van der Waals surface area (Å²) in [6.45, 7) is 5.54. The van der Waals surface area contributed by atoms with E-state index in [9.17, 15) is 33.9 Å². The molecule has 10 N–H and O–H groups in total. The summed E-state index contributed by atoms with van der Waals surface area (Å²) >= 11 is 0. The van der Waals surface area contributed by atoms with Crippen LogP contribution in [0.15, 0.2) is 93.4 Å². The number of hydrogen-bond acceptors (Lipinski definition) is 11. The molecular weight excluding hydrogens is 759 g/mol. The molecule has 0 saturated carbocycles. The lowest BCUT2D eigenvalue weighted by Crippen LogP contribution is -2.48. The Balaban J connectivity index is 1.38. The highest BCUT2D eigenvalue weighted by atomic mass is 16.5. The SMILES string of the molecule is CCOc1c(NCCCNc2ccc([C@H](C(=O)N[C@H](CCCN=C(N)NC(=O)NCCNC(=O)CC)C(=O)NCc3ccc(O)cc3)c3ccccc3)cc2)c(=O)c1=O. The van der Waals surface area contributed by atoms with E-state index in [0.717, 1.165) is 16.8 Å². The minimum Gasteiger partial charge on any atom is -0.508 e. The minimum absolute atomic E-state index is 0.0813. The number of aromatic hydroxyl groups is 1. The van der Waals surface area contributed by atoms with Gasteiger partial charge in [0.2, 0.25) is 17.7 Å². The van der Waals surface area contributed by atoms with Gasteiger partial charge in [0.15, 0.2) is 11.7 Å². The van der Waals surface area contributed by atoms with Crippen LogP contribution >= 0.6 is 0 Å². The molecule has 0 heterocycles. The van der Waals surface area contributed by atoms with Crippen LogP contribution in [0.25, 0.3) is 0 Å². The lowest BCUT2D eigenvalue weighted by atomic mass is 9.90. The van der Waals surface area contributed by atoms with Gasteiger partial charge in [-0.3, -0.25) is 34.3 Å². The summed E-state index contributed by atoms with van der Waals surface area (Å²) in [6, 6.07) is 21.5. The highest BCUT2D eigenvalue weighted by Crippen LogP contribution is 2.27. The van der Waals surface area contributed by atoms with Gasteiger partial charge in [0, 0.05) is 51.4 Å². The Kier molecular flexibility index (Phi) is 17.7. The fraction of sp³-hybridized carbons (Fsp3) is 0.357. The second-order valence-corrected chi connectivity index (χ2v) is 13.4. The van der Waals surface area contributed by atoms with E-state index in [1.807, 2.05) is 54.6 Å². The fourth-order valence-electron chi connectivity index (χ4n) is 5.93. The van der Waals surface area contributed by atoms with Gasteiger partial charge in [-0.25, -0.2) is 4.79 Å². The summed E-state index contributed by atoms with van der Waals surface area (Å²) in [7, 11) is 0. The van der Waals surface area contributed by atoms with E-state index in [1.165, 1.54) is 12.1 Å². The van der Waals surface area contributed by atoms with Gasteiger partial charge in [-0.2, -0.15) is 0 Å². The van der Waals surface area contributed by atoms with Crippen molar-refractivity contribution in [3.8, 4) is 11.5 Å². The number of phenols is 1. The van der Waals surface area contributed by atoms with Crippen LogP contribution in [-0.2, 0) is 20.9 Å². The topological polar surface area (TPSA) is 254 Å². The van der Waals surface area contributed by atoms with Crippen LogP contribution < -0.4 is 58.5 Å². The molecule has 0 radical (unpaired) electrons. The number of ether oxygens (including phenoxy) is 1. The maximum Gasteiger partial charge on any atom is 0.321 e. The van der Waals surface area contributed by atoms with Gasteiger partial charge in [-0.05, 0) is 67.1 Å². The summed E-state index contributed by atoms with van der Waals surface area (Å²) < 4.78 is 5.25. The van der Waals surface area contributed by atoms with E-state index >= 15 is 0 Å². The molecule has 0 aliphatic heterocycles. The van der Waals surface area contributed by atoms with Gasteiger partial charge in [-0.1, -0.05) is 61.5 Å². The molecule has 17 nitrogen and oxygen atoms in total. The van der Waals surface area contributed by atoms with Gasteiger partial charge < -0.3 is 47.5 Å². The average molecular weight is 812 g/mol. The van der Waals surface area contributed by atoms with Crippen molar-refractivity contribution in [1.29, 1.82) is 0 Å². The molecule has 0 unspecified atom stereocenters. The third-order valence-electron chi connectivity index (χ3n) is 9.04. The zero-order valence-corrected chi connectivity index (χ0v) is 33.3. The van der Waals surface area contributed by atoms with Crippen molar-refractivity contribution >= 4 is 41.1 Å². The zero-order valence-electron chi connectivity index (χ0n) is 33.3. The highest BCUT2D eigenvalue weighted by Gasteiger charge is 2.28. The molecule has 0 aromatic heterocycles. The van der Waals surface area contributed by atoms with Crippen molar-refractivity contribution in [2.75, 3.05) is 50.0 Å². The Morgan fingerprint density at radius 1 is 0.763 bits per heavy atom. The molecular formula is C42H53N9O8. The molecule has 0 saturated heterocycles. The van der Waals surface area contributed by atoms with Crippen LogP contribution in [0.3, 0.4) is 0 Å². The Labute approximate surface area is 342 Å². The molecule has 59 heavy (non-hydrogen) atoms. The van der Waals surface area contributed by atoms with E-state index in [-0.39, 0.29) is 61.7 Å². The number of carbonyl (C=O) groups is 4. The molecule has 0 fully saturated rings. The number of hydrogen-bond donors (Lipinski definition) is 9. The number of phenolic OH excluding ortho intramolecular Hbond substituents is 1. The fourth-order valence-corrected chi connectivity index (χ4v) is 5.93. The van der Waals surface area contributed by atoms with E-state index < -0.39 is 40.7 Å². The van der Waals surface area contributed by atoms with Gasteiger partial charge in [-0.15, -0.1) is 0 Å². The normalized spacial score (nSPS) is 12.1. The molecule has 0 aliphatic rings. The van der Waals surface area contributed by atoms with Crippen molar-refractivity contribution in [3.05, 3.63) is 116 Å². The Morgan fingerprint density at radius 2 is 1.44 bits per heavy atom. The lowest BCUT2D eigenvalue weighted by molar-refractivity contribution is -0.129. The number of anilines is 2. The molecule has 2 atom stereocenters. The first-order valence-electron chi connectivity index (χ1n) is 19.6. The highest BCUT2D eigenvalue weighted by molar-refractivity contribution is 5.95. The maximum atomic E-state index is 14.2. The number of benzene rings is 3. The number of guanidine groups is 1. The van der Waals surface area contributed by atoms with Crippen molar-refractivity contribution in [1.82, 2.24) is 26.6 Å². The zero-order chi connectivity index (χ0) is 42.6. The van der Waals surface area contributed by atoms with Crippen LogP contribution in [0.2, 0.25) is 0 Å². The molecule has 0 aliphatic carbocycles. The van der Waals surface area contributed by atoms with E-state index in [1.54, 1.807) is 26.0 Å². The van der Waals surface area contributed by atoms with Gasteiger partial charge >= 0.3 is 6.03 Å². The summed E-state index contributed by atoms with van der Waals surface area (Å²) in [6.07, 6.45) is 1.51. The smallest absolute Gasteiger partial charge is 0.321 e. The number of carbonyl (C=O) groups excluding carboxylic acids is 4. The third kappa shape index (κ3) is 14.2. The standard InChI is InChI=1S/C42H53N9O8/c1-3-33(53)45-24-25-48-42(58)51-41(43)47-21-8-12-32(39(56)49-26-27-13-19-31(52)20-14-27)50-40(57)34(28-10-6-5-7-11-28)29-15-17-30(18-16-29)44-22-9-23-46-35-36(54)37(55)38(35)59-4-2/h5-7,10-11,13-20,32,34,44,46,52H,3-4,8-9,12,21-26H2,1-2H3,(H,45,53)(H,49,56)(H,50,57)(H4,43,47,48,51,58)/t32-,34-/m1/s1. The van der Waals surface area contributed by atoms with E-state index in [0.29, 0.717) is 44.5 Å². The number of aliphatic imine (C=N–C) groups is 1. The number of urea groups is 1. The van der Waals surface area contributed by atoms with Crippen LogP contribution in [0.4, 0.5) is 16.2 Å². The van der Waals surface area contributed by atoms with Crippen molar-refractivity contribution in [2.24, 2.45) is 10.7 Å². The van der Waals surface area contributed by atoms with Crippen LogP contribution in [0.5, 0.6) is 11.5 Å². The van der Waals surface area contributed by atoms with Crippen molar-refractivity contribution in [2.45, 2.75) is 58.0 Å². The summed E-state index contributed by atoms with van der Waals surface area (Å²) in [5.41, 5.74) is 7.90. The molecule has 4 rings (SSSR count). The Bertz CT molecular complexity index is 2080. The molecule has 0 bridgehead atoms. The third-order valence-corrected chi connectivity index (χ3v) is 9.04. The summed E-state index contributed by atoms with van der Waals surface area (Å²) in [5.74, 6) is -1.66. The average Bonchev–Trinajstić information content (AvgIpc) is 3.24. The van der Waals surface area contributed by atoms with Crippen LogP contribution in [0.1, 0.15) is 62.1 Å². The first-order valence-corrected chi connectivity index (χ1v) is 19.6. The van der Waals surface area contributed by atoms with Gasteiger partial charge in [0.05, 0.1) is 12.5 Å². The molecule has 17 heteroatoms. The number of nitrogens with one attached hydrogen (secondary N) is 7. The molecule has 4 aromatic carbocycles. The number of amides is 5. The van der Waals surface area contributed by atoms with Crippen molar-refractivity contribution in [3.63, 3.8) is 0 Å². The van der Waals surface area contributed by atoms with Crippen molar-refractivity contribution < 1.29 is 29.0 Å². The second-order valence-electron chi connectivity index (χ2n) is 13.4. The summed E-state index contributed by atoms with van der Waals surface area (Å²) in [5, 5.41) is 29.4. The second kappa shape index (κ2) is 23.4. The number of rotatable bonds is 23. The molecule has 5 amide bonds. The molecule has 314 valence electrons. The molecule has 4 aromatic rings. The number of nitrogens with two attached hydrogens (primary N) is 1. The van der Waals surface area contributed by atoms with Crippen LogP contribution in [-0.4, -0.2) is 80.2 Å². The number of nitrogens with zero attached hydrogens (tertiary/aromatic N) is 1. The van der Waals surface area contributed by atoms with Gasteiger partial charge in [0.25, 0.3) is 10.9 Å². The Morgan fingerprint density at radius 3 is 2.14 bits per heavy atom. The predicted octanol–water partition coefficient (Wildman–Crippen LogP) is 2.15. The van der Waals surface area contributed by atoms with E-state index in [4.69, 9.17) is 10.5 Å². The predicted molar refractivity (Wildman–Crippen MR) is 226 cm³/mol. The largest absolute Gasteiger partial charge is 0.508 e. The van der Waals surface area contributed by atoms with Gasteiger partial charge in [0.1, 0.15) is 17.5 Å². The molecule has 0 spiro atoms. The first kappa shape index (κ1) is 44.8. The van der Waals surface area contributed by atoms with E-state index in [2.05, 4.69) is 42.2 Å². The maximum absolute atomic E-state index is 14.2. The van der Waals surface area contributed by atoms with Crippen LogP contribution in [0, 0.1) is 0 Å².